The van der Waals surface area contributed by atoms with Gasteiger partial charge in [0.05, 0.1) is 0 Å². The lowest BCUT2D eigenvalue weighted by molar-refractivity contribution is 0.479. The van der Waals surface area contributed by atoms with Gasteiger partial charge in [-0.1, -0.05) is 13.8 Å². The van der Waals surface area contributed by atoms with Crippen LogP contribution in [0.25, 0.3) is 0 Å². The Morgan fingerprint density at radius 1 is 1.21 bits per heavy atom. The summed E-state index contributed by atoms with van der Waals surface area (Å²) in [6.45, 7) is 8.33. The fourth-order valence-corrected chi connectivity index (χ4v) is 2.18. The molecular weight excluding hydrogens is 196 g/mol. The minimum absolute atomic E-state index is 0.101. The van der Waals surface area contributed by atoms with E-state index >= 15 is 0 Å². The highest BCUT2D eigenvalue weighted by Gasteiger charge is 2.22. The number of aryl methyl sites for hydroxylation is 1. The minimum Gasteiger partial charge on any atom is -0.242 e. The van der Waals surface area contributed by atoms with Gasteiger partial charge in [0, 0.05) is 22.7 Å². The standard InChI is InChI=1S/C11H17ClN2/c1-7(2)11(9(4)12)10-5-8(3)13-6-14-10/h5-7,9,11H,1-4H3. The van der Waals surface area contributed by atoms with E-state index in [1.165, 1.54) is 0 Å². The molecule has 1 rings (SSSR count). The molecule has 0 fully saturated rings. The second-order valence-electron chi connectivity index (χ2n) is 4.03. The van der Waals surface area contributed by atoms with Gasteiger partial charge in [0.25, 0.3) is 0 Å². The predicted molar refractivity (Wildman–Crippen MR) is 59.7 cm³/mol. The second-order valence-corrected chi connectivity index (χ2v) is 4.72. The molecule has 0 saturated heterocycles. The first-order valence-electron chi connectivity index (χ1n) is 4.95. The van der Waals surface area contributed by atoms with Gasteiger partial charge in [0.1, 0.15) is 6.33 Å². The van der Waals surface area contributed by atoms with Crippen molar-refractivity contribution >= 4 is 11.6 Å². The molecule has 14 heavy (non-hydrogen) atoms. The molecule has 0 aliphatic rings. The topological polar surface area (TPSA) is 25.8 Å². The van der Waals surface area contributed by atoms with Crippen molar-refractivity contribution in [2.45, 2.75) is 39.0 Å². The molecule has 1 aromatic heterocycles. The molecule has 0 aliphatic heterocycles. The van der Waals surface area contributed by atoms with E-state index in [9.17, 15) is 0 Å². The Hall–Kier alpha value is -0.630. The molecule has 1 heterocycles. The fourth-order valence-electron chi connectivity index (χ4n) is 1.76. The van der Waals surface area contributed by atoms with Crippen molar-refractivity contribution in [2.24, 2.45) is 5.92 Å². The van der Waals surface area contributed by atoms with E-state index in [0.29, 0.717) is 11.8 Å². The van der Waals surface area contributed by atoms with Crippen LogP contribution in [-0.2, 0) is 0 Å². The summed E-state index contributed by atoms with van der Waals surface area (Å²) in [4.78, 5) is 8.37. The summed E-state index contributed by atoms with van der Waals surface area (Å²) in [6, 6.07) is 2.02. The quantitative estimate of drug-likeness (QED) is 0.720. The maximum atomic E-state index is 6.17. The Morgan fingerprint density at radius 3 is 2.29 bits per heavy atom. The van der Waals surface area contributed by atoms with E-state index in [1.54, 1.807) is 6.33 Å². The smallest absolute Gasteiger partial charge is 0.115 e. The Bertz CT molecular complexity index is 289. The van der Waals surface area contributed by atoms with E-state index in [4.69, 9.17) is 11.6 Å². The highest BCUT2D eigenvalue weighted by molar-refractivity contribution is 6.20. The predicted octanol–water partition coefficient (Wildman–Crippen LogP) is 3.15. The van der Waals surface area contributed by atoms with Gasteiger partial charge in [0.15, 0.2) is 0 Å². The summed E-state index contributed by atoms with van der Waals surface area (Å²) in [5.74, 6) is 0.801. The molecular formula is C11H17ClN2. The SMILES string of the molecule is Cc1cc(C(C(C)C)C(C)Cl)ncn1. The van der Waals surface area contributed by atoms with Crippen LogP contribution in [0.15, 0.2) is 12.4 Å². The van der Waals surface area contributed by atoms with Crippen molar-refractivity contribution < 1.29 is 0 Å². The number of rotatable bonds is 3. The molecule has 2 unspecified atom stereocenters. The molecule has 0 N–H and O–H groups in total. The molecule has 0 bridgehead atoms. The van der Waals surface area contributed by atoms with Crippen LogP contribution in [0.5, 0.6) is 0 Å². The largest absolute Gasteiger partial charge is 0.242 e. The van der Waals surface area contributed by atoms with E-state index in [2.05, 4.69) is 23.8 Å². The lowest BCUT2D eigenvalue weighted by Gasteiger charge is -2.22. The lowest BCUT2D eigenvalue weighted by atomic mass is 9.89. The van der Waals surface area contributed by atoms with Gasteiger partial charge in [-0.25, -0.2) is 9.97 Å². The number of aromatic nitrogens is 2. The highest BCUT2D eigenvalue weighted by atomic mass is 35.5. The maximum absolute atomic E-state index is 6.17. The van der Waals surface area contributed by atoms with Crippen molar-refractivity contribution in [2.75, 3.05) is 0 Å². The Balaban J connectivity index is 2.99. The fraction of sp³-hybridized carbons (Fsp3) is 0.636. The Labute approximate surface area is 90.7 Å². The number of alkyl halides is 1. The van der Waals surface area contributed by atoms with Crippen LogP contribution in [0.2, 0.25) is 0 Å². The first-order chi connectivity index (χ1) is 6.52. The van der Waals surface area contributed by atoms with Gasteiger partial charge in [-0.3, -0.25) is 0 Å². The van der Waals surface area contributed by atoms with E-state index in [1.807, 2.05) is 19.9 Å². The Morgan fingerprint density at radius 2 is 1.86 bits per heavy atom. The van der Waals surface area contributed by atoms with Crippen molar-refractivity contribution in [1.29, 1.82) is 0 Å². The van der Waals surface area contributed by atoms with Gasteiger partial charge in [-0.05, 0) is 25.8 Å². The maximum Gasteiger partial charge on any atom is 0.115 e. The molecule has 0 saturated carbocycles. The molecule has 2 atom stereocenters. The molecule has 78 valence electrons. The lowest BCUT2D eigenvalue weighted by Crippen LogP contribution is -2.17. The van der Waals surface area contributed by atoms with Crippen molar-refractivity contribution in [3.05, 3.63) is 23.8 Å². The van der Waals surface area contributed by atoms with Crippen LogP contribution in [-0.4, -0.2) is 15.3 Å². The van der Waals surface area contributed by atoms with E-state index in [-0.39, 0.29) is 5.38 Å². The average molecular weight is 213 g/mol. The molecule has 0 radical (unpaired) electrons. The van der Waals surface area contributed by atoms with Gasteiger partial charge in [-0.2, -0.15) is 0 Å². The molecule has 0 aliphatic carbocycles. The number of nitrogens with zero attached hydrogens (tertiary/aromatic N) is 2. The number of hydrogen-bond donors (Lipinski definition) is 0. The van der Waals surface area contributed by atoms with Gasteiger partial charge in [0.2, 0.25) is 0 Å². The summed E-state index contributed by atoms with van der Waals surface area (Å²) < 4.78 is 0. The molecule has 1 aromatic rings. The third kappa shape index (κ3) is 2.68. The molecule has 2 nitrogen and oxygen atoms in total. The summed E-state index contributed by atoms with van der Waals surface area (Å²) in [6.07, 6.45) is 1.61. The van der Waals surface area contributed by atoms with E-state index < -0.39 is 0 Å². The molecule has 3 heteroatoms. The summed E-state index contributed by atoms with van der Waals surface area (Å²) in [5, 5.41) is 0.101. The zero-order chi connectivity index (χ0) is 10.7. The van der Waals surface area contributed by atoms with Crippen molar-refractivity contribution in [3.63, 3.8) is 0 Å². The third-order valence-corrected chi connectivity index (χ3v) is 2.65. The minimum atomic E-state index is 0.101. The average Bonchev–Trinajstić information content (AvgIpc) is 2.02. The third-order valence-electron chi connectivity index (χ3n) is 2.38. The molecule has 0 spiro atoms. The summed E-state index contributed by atoms with van der Waals surface area (Å²) in [7, 11) is 0. The van der Waals surface area contributed by atoms with Crippen LogP contribution in [0.4, 0.5) is 0 Å². The highest BCUT2D eigenvalue weighted by Crippen LogP contribution is 2.29. The van der Waals surface area contributed by atoms with Crippen LogP contribution in [0.3, 0.4) is 0 Å². The first-order valence-corrected chi connectivity index (χ1v) is 5.38. The van der Waals surface area contributed by atoms with Gasteiger partial charge < -0.3 is 0 Å². The molecule has 0 amide bonds. The second kappa shape index (κ2) is 4.74. The number of halogens is 1. The monoisotopic (exact) mass is 212 g/mol. The van der Waals surface area contributed by atoms with Crippen molar-refractivity contribution in [1.82, 2.24) is 9.97 Å². The zero-order valence-corrected chi connectivity index (χ0v) is 9.92. The molecule has 0 aromatic carbocycles. The summed E-state index contributed by atoms with van der Waals surface area (Å²) >= 11 is 6.17. The van der Waals surface area contributed by atoms with Crippen LogP contribution < -0.4 is 0 Å². The van der Waals surface area contributed by atoms with Gasteiger partial charge in [-0.15, -0.1) is 11.6 Å². The van der Waals surface area contributed by atoms with Crippen molar-refractivity contribution in [3.8, 4) is 0 Å². The van der Waals surface area contributed by atoms with Crippen LogP contribution >= 0.6 is 11.6 Å². The van der Waals surface area contributed by atoms with Crippen LogP contribution in [0.1, 0.15) is 38.1 Å². The normalized spacial score (nSPS) is 15.6. The van der Waals surface area contributed by atoms with Crippen LogP contribution in [0, 0.1) is 12.8 Å². The Kier molecular flexibility index (Phi) is 3.87. The zero-order valence-electron chi connectivity index (χ0n) is 9.16. The number of hydrogen-bond acceptors (Lipinski definition) is 2. The summed E-state index contributed by atoms with van der Waals surface area (Å²) in [5.41, 5.74) is 2.05. The van der Waals surface area contributed by atoms with Gasteiger partial charge >= 0.3 is 0 Å². The van der Waals surface area contributed by atoms with E-state index in [0.717, 1.165) is 11.4 Å². The first kappa shape index (κ1) is 11.4.